The maximum atomic E-state index is 16.2. The van der Waals surface area contributed by atoms with Crippen molar-refractivity contribution < 1.29 is 22.8 Å². The zero-order chi connectivity index (χ0) is 45.5. The molecule has 1 amide bonds. The van der Waals surface area contributed by atoms with Crippen LogP contribution in [-0.4, -0.2) is 74.4 Å². The number of aryl methyl sites for hydroxylation is 2. The Morgan fingerprint density at radius 2 is 1.67 bits per heavy atom. The fourth-order valence-corrected chi connectivity index (χ4v) is 9.91. The summed E-state index contributed by atoms with van der Waals surface area (Å²) in [5, 5.41) is 14.4. The maximum Gasteiger partial charge on any atom is 0.438 e. The molecule has 66 heavy (non-hydrogen) atoms. The highest BCUT2D eigenvalue weighted by Crippen LogP contribution is 2.45. The second-order valence-corrected chi connectivity index (χ2v) is 18.6. The number of carbonyl (C=O) groups is 1. The average molecular weight is 897 g/mol. The van der Waals surface area contributed by atoms with Crippen LogP contribution in [0.1, 0.15) is 108 Å². The molecule has 0 bridgehead atoms. The van der Waals surface area contributed by atoms with Crippen LogP contribution in [0.4, 0.5) is 8.78 Å². The third-order valence-electron chi connectivity index (χ3n) is 14.0. The highest BCUT2D eigenvalue weighted by atomic mass is 19.1. The highest BCUT2D eigenvalue weighted by Gasteiger charge is 2.38. The summed E-state index contributed by atoms with van der Waals surface area (Å²) in [5.41, 5.74) is 5.75. The van der Waals surface area contributed by atoms with E-state index >= 15 is 4.39 Å². The summed E-state index contributed by atoms with van der Waals surface area (Å²) in [6, 6.07) is 14.6. The Morgan fingerprint density at radius 1 is 0.909 bits per heavy atom. The van der Waals surface area contributed by atoms with Crippen LogP contribution in [0.3, 0.4) is 0 Å². The molecule has 2 saturated carbocycles. The van der Waals surface area contributed by atoms with E-state index in [1.807, 2.05) is 29.8 Å². The summed E-state index contributed by atoms with van der Waals surface area (Å²) in [4.78, 5) is 47.0. The number of amides is 1. The lowest BCUT2D eigenvalue weighted by Gasteiger charge is -2.33. The number of hydrogen-bond acceptors (Lipinski definition) is 8. The van der Waals surface area contributed by atoms with E-state index in [4.69, 9.17) is 9.84 Å². The summed E-state index contributed by atoms with van der Waals surface area (Å²) in [7, 11) is 0. The van der Waals surface area contributed by atoms with Crippen molar-refractivity contribution in [3.63, 3.8) is 0 Å². The van der Waals surface area contributed by atoms with Gasteiger partial charge in [0.15, 0.2) is 11.6 Å². The molecule has 2 unspecified atom stereocenters. The molecule has 4 aliphatic rings. The van der Waals surface area contributed by atoms with Gasteiger partial charge in [0.05, 0.1) is 40.2 Å². The number of hydrogen-bond donors (Lipinski definition) is 2. The normalized spacial score (nSPS) is 19.6. The first-order valence-corrected chi connectivity index (χ1v) is 22.8. The zero-order valence-corrected chi connectivity index (χ0v) is 37.2. The number of aromatic amines is 2. The molecular weight excluding hydrogens is 847 g/mol. The third-order valence-corrected chi connectivity index (χ3v) is 14.0. The second-order valence-electron chi connectivity index (χ2n) is 18.6. The summed E-state index contributed by atoms with van der Waals surface area (Å²) in [6.07, 6.45) is 10.5. The van der Waals surface area contributed by atoms with Crippen molar-refractivity contribution in [2.24, 2.45) is 11.8 Å². The van der Waals surface area contributed by atoms with Gasteiger partial charge in [-0.1, -0.05) is 18.1 Å². The highest BCUT2D eigenvalue weighted by molar-refractivity contribution is 5.98. The van der Waals surface area contributed by atoms with E-state index < -0.39 is 23.3 Å². The number of halogens is 2. The van der Waals surface area contributed by atoms with Crippen LogP contribution < -0.4 is 11.4 Å². The van der Waals surface area contributed by atoms with Crippen LogP contribution in [0.25, 0.3) is 39.0 Å². The van der Waals surface area contributed by atoms with Crippen molar-refractivity contribution in [2.75, 3.05) is 19.8 Å². The van der Waals surface area contributed by atoms with Crippen LogP contribution in [0.5, 0.6) is 0 Å². The van der Waals surface area contributed by atoms with E-state index in [0.717, 1.165) is 68.5 Å². The van der Waals surface area contributed by atoms with Crippen molar-refractivity contribution in [2.45, 2.75) is 90.6 Å². The van der Waals surface area contributed by atoms with Crippen molar-refractivity contribution in [3.05, 3.63) is 139 Å². The van der Waals surface area contributed by atoms with E-state index in [0.29, 0.717) is 87.3 Å². The standard InChI is InChI=1S/C43H42F2N8O3.C6H8N2O2/c1-24-18-31(19-25(2)39(24)44)53-41(51-15-14-50(43(51)55)37-9-8-36-32(40(37)45)22-46-52(36)23-27-4-5-27)38-26(3)49(13-10-34(38)48-53)42(54)35-21-30-20-29(6-7-33(30)47-35)28-11-16-56-17-12-28;1-3-2-4(3)5-7-6(9)10-8-5/h6-9,14-15,18-22,26-28,47H,4-5,10-13,16-17,23H2,1-3H3;3-4H,2H2,1H3,(H,7,8,9)/t26-;/m0./s1. The SMILES string of the molecule is CC1CC1c1noc(=O)[nH]1.Cc1cc(-n2nc3c(c2-n2ccn(-c4ccc5c(cnn5CC5CC5)c4F)c2=O)[C@H](C)N(C(=O)c2cc4cc(C5CCOCC5)ccc4[nH]2)CC3)cc(C)c1F. The summed E-state index contributed by atoms with van der Waals surface area (Å²) < 4.78 is 47.3. The molecule has 2 aliphatic heterocycles. The van der Waals surface area contributed by atoms with E-state index in [9.17, 15) is 18.8 Å². The topological polar surface area (TPSA) is 167 Å². The van der Waals surface area contributed by atoms with Crippen molar-refractivity contribution in [3.8, 4) is 17.2 Å². The lowest BCUT2D eigenvalue weighted by molar-refractivity contribution is 0.0672. The van der Waals surface area contributed by atoms with Crippen molar-refractivity contribution in [1.29, 1.82) is 0 Å². The van der Waals surface area contributed by atoms with Gasteiger partial charge >= 0.3 is 11.4 Å². The summed E-state index contributed by atoms with van der Waals surface area (Å²) in [5.74, 6) is 1.74. The molecule has 3 aromatic carbocycles. The minimum Gasteiger partial charge on any atom is -0.381 e. The van der Waals surface area contributed by atoms with Crippen LogP contribution in [0, 0.1) is 37.3 Å². The molecule has 17 heteroatoms. The maximum absolute atomic E-state index is 16.2. The summed E-state index contributed by atoms with van der Waals surface area (Å²) in [6.45, 7) is 10.1. The quantitative estimate of drug-likeness (QED) is 0.154. The Kier molecular flexibility index (Phi) is 10.3. The van der Waals surface area contributed by atoms with Crippen LogP contribution >= 0.6 is 0 Å². The largest absolute Gasteiger partial charge is 0.438 e. The van der Waals surface area contributed by atoms with Gasteiger partial charge in [0.2, 0.25) is 0 Å². The van der Waals surface area contributed by atoms with Gasteiger partial charge in [-0.05, 0) is 130 Å². The van der Waals surface area contributed by atoms with Gasteiger partial charge in [-0.25, -0.2) is 23.1 Å². The molecule has 1 saturated heterocycles. The molecular formula is C49H50F2N10O5. The molecule has 12 rings (SSSR count). The number of rotatable bonds is 8. The molecule has 2 N–H and O–H groups in total. The number of H-pyrrole nitrogens is 2. The molecule has 2 aliphatic carbocycles. The monoisotopic (exact) mass is 896 g/mol. The van der Waals surface area contributed by atoms with E-state index in [-0.39, 0.29) is 17.4 Å². The predicted molar refractivity (Wildman–Crippen MR) is 242 cm³/mol. The van der Waals surface area contributed by atoms with E-state index in [1.165, 1.54) is 20.9 Å². The van der Waals surface area contributed by atoms with E-state index in [1.54, 1.807) is 54.0 Å². The number of imidazole rings is 1. The van der Waals surface area contributed by atoms with Gasteiger partial charge in [-0.15, -0.1) is 0 Å². The predicted octanol–water partition coefficient (Wildman–Crippen LogP) is 8.09. The number of aromatic nitrogens is 9. The van der Waals surface area contributed by atoms with Crippen LogP contribution in [0.2, 0.25) is 0 Å². The summed E-state index contributed by atoms with van der Waals surface area (Å²) >= 11 is 0. The fraction of sp³-hybridized carbons (Fsp3) is 0.388. The minimum absolute atomic E-state index is 0.101. The van der Waals surface area contributed by atoms with Crippen molar-refractivity contribution >= 4 is 27.7 Å². The smallest absolute Gasteiger partial charge is 0.381 e. The second kappa shape index (κ2) is 16.2. The van der Waals surface area contributed by atoms with Gasteiger partial charge in [0.25, 0.3) is 5.91 Å². The number of fused-ring (bicyclic) bond motifs is 3. The molecule has 8 aromatic rings. The first-order valence-electron chi connectivity index (χ1n) is 22.8. The molecule has 0 radical (unpaired) electrons. The number of nitrogens with zero attached hydrogens (tertiary/aromatic N) is 8. The Hall–Kier alpha value is -6.88. The van der Waals surface area contributed by atoms with Crippen LogP contribution in [0.15, 0.2) is 81.2 Å². The molecule has 15 nitrogen and oxygen atoms in total. The third kappa shape index (κ3) is 7.38. The van der Waals surface area contributed by atoms with Gasteiger partial charge in [0.1, 0.15) is 17.3 Å². The number of benzene rings is 3. The number of ether oxygens (including phenoxy) is 1. The Balaban J connectivity index is 0.000000424. The van der Waals surface area contributed by atoms with Gasteiger partial charge < -0.3 is 14.6 Å². The Bertz CT molecular complexity index is 3280. The zero-order valence-electron chi connectivity index (χ0n) is 37.2. The molecule has 0 spiro atoms. The minimum atomic E-state index is -0.534. The number of nitrogens with one attached hydrogen (secondary N) is 2. The van der Waals surface area contributed by atoms with Crippen LogP contribution in [-0.2, 0) is 17.7 Å². The molecule has 340 valence electrons. The lowest BCUT2D eigenvalue weighted by atomic mass is 9.91. The lowest BCUT2D eigenvalue weighted by Crippen LogP contribution is -2.39. The fourth-order valence-electron chi connectivity index (χ4n) is 9.91. The van der Waals surface area contributed by atoms with Gasteiger partial charge in [-0.2, -0.15) is 10.2 Å². The average Bonchev–Trinajstić information content (AvgIpc) is 3.87. The van der Waals surface area contributed by atoms with Gasteiger partial charge in [-0.3, -0.25) is 28.1 Å². The number of carbonyl (C=O) groups excluding carboxylic acids is 1. The van der Waals surface area contributed by atoms with Gasteiger partial charge in [0, 0.05) is 67.5 Å². The molecule has 5 aromatic heterocycles. The first kappa shape index (κ1) is 41.8. The Labute approximate surface area is 377 Å². The molecule has 3 fully saturated rings. The molecule has 3 atom stereocenters. The van der Waals surface area contributed by atoms with Crippen molar-refractivity contribution in [1.82, 2.24) is 48.7 Å². The first-order chi connectivity index (χ1) is 31.9. The van der Waals surface area contributed by atoms with E-state index in [2.05, 4.69) is 43.8 Å². The Morgan fingerprint density at radius 3 is 2.38 bits per heavy atom. The molecule has 7 heterocycles.